The standard InChI is InChI=1S/C27H27NO3/c29-17-16-28-18-23(26(30)21-12-6-2-7-13-21)25(20-10-4-1-5-11-20)24(19-28)27(31)22-14-8-3-9-15-22/h1-15,23-25,29H,16-19H2. The van der Waals surface area contributed by atoms with Crippen molar-refractivity contribution >= 4 is 11.6 Å². The van der Waals surface area contributed by atoms with Gasteiger partial charge in [0.15, 0.2) is 11.6 Å². The molecule has 3 aromatic carbocycles. The highest BCUT2D eigenvalue weighted by Crippen LogP contribution is 2.40. The monoisotopic (exact) mass is 413 g/mol. The van der Waals surface area contributed by atoms with E-state index in [0.717, 1.165) is 5.56 Å². The fourth-order valence-electron chi connectivity index (χ4n) is 4.73. The molecular weight excluding hydrogens is 386 g/mol. The molecule has 1 heterocycles. The molecule has 1 N–H and O–H groups in total. The van der Waals surface area contributed by atoms with Crippen molar-refractivity contribution < 1.29 is 14.7 Å². The van der Waals surface area contributed by atoms with Crippen molar-refractivity contribution in [1.29, 1.82) is 0 Å². The van der Waals surface area contributed by atoms with E-state index in [0.29, 0.717) is 30.8 Å². The number of hydrogen-bond acceptors (Lipinski definition) is 4. The van der Waals surface area contributed by atoms with Gasteiger partial charge in [0.25, 0.3) is 0 Å². The first kappa shape index (κ1) is 21.2. The fraction of sp³-hybridized carbons (Fsp3) is 0.259. The van der Waals surface area contributed by atoms with E-state index >= 15 is 0 Å². The third-order valence-corrected chi connectivity index (χ3v) is 6.17. The summed E-state index contributed by atoms with van der Waals surface area (Å²) in [6.45, 7) is 1.48. The van der Waals surface area contributed by atoms with Crippen molar-refractivity contribution in [3.8, 4) is 0 Å². The third-order valence-electron chi connectivity index (χ3n) is 6.17. The number of Topliss-reactive ketones (excluding diaryl/α,β-unsaturated/α-hetero) is 2. The number of β-amino-alcohol motifs (C(OH)–C–C–N with tert-alkyl or cyclic N) is 1. The second kappa shape index (κ2) is 9.82. The summed E-state index contributed by atoms with van der Waals surface area (Å²) < 4.78 is 0. The molecule has 4 heteroatoms. The summed E-state index contributed by atoms with van der Waals surface area (Å²) in [5.41, 5.74) is 2.32. The zero-order valence-electron chi connectivity index (χ0n) is 17.4. The van der Waals surface area contributed by atoms with Crippen LogP contribution in [-0.4, -0.2) is 47.8 Å². The molecule has 4 rings (SSSR count). The van der Waals surface area contributed by atoms with Crippen LogP contribution in [0.25, 0.3) is 0 Å². The van der Waals surface area contributed by atoms with Gasteiger partial charge < -0.3 is 5.11 Å². The van der Waals surface area contributed by atoms with Gasteiger partial charge in [0.2, 0.25) is 0 Å². The Hall–Kier alpha value is -3.08. The van der Waals surface area contributed by atoms with E-state index in [1.165, 1.54) is 0 Å². The minimum Gasteiger partial charge on any atom is -0.395 e. The minimum atomic E-state index is -0.372. The van der Waals surface area contributed by atoms with Gasteiger partial charge in [-0.15, -0.1) is 0 Å². The maximum absolute atomic E-state index is 13.6. The topological polar surface area (TPSA) is 57.6 Å². The number of piperidine rings is 1. The number of rotatable bonds is 7. The van der Waals surface area contributed by atoms with Gasteiger partial charge >= 0.3 is 0 Å². The lowest BCUT2D eigenvalue weighted by atomic mass is 9.68. The van der Waals surface area contributed by atoms with Gasteiger partial charge in [0.1, 0.15) is 0 Å². The lowest BCUT2D eigenvalue weighted by Gasteiger charge is -2.43. The Morgan fingerprint density at radius 1 is 0.710 bits per heavy atom. The molecule has 1 aliphatic heterocycles. The van der Waals surface area contributed by atoms with Crippen LogP contribution in [0.5, 0.6) is 0 Å². The number of nitrogens with zero attached hydrogens (tertiary/aromatic N) is 1. The lowest BCUT2D eigenvalue weighted by molar-refractivity contribution is 0.0530. The van der Waals surface area contributed by atoms with Gasteiger partial charge in [-0.3, -0.25) is 14.5 Å². The molecule has 0 bridgehead atoms. The first-order chi connectivity index (χ1) is 15.2. The Kier molecular flexibility index (Phi) is 6.70. The quantitative estimate of drug-likeness (QED) is 0.593. The van der Waals surface area contributed by atoms with Crippen LogP contribution in [0.4, 0.5) is 0 Å². The van der Waals surface area contributed by atoms with Crippen LogP contribution < -0.4 is 0 Å². The molecule has 0 aliphatic carbocycles. The molecule has 2 unspecified atom stereocenters. The van der Waals surface area contributed by atoms with Crippen LogP contribution >= 0.6 is 0 Å². The van der Waals surface area contributed by atoms with Crippen molar-refractivity contribution in [2.75, 3.05) is 26.2 Å². The zero-order valence-corrected chi connectivity index (χ0v) is 17.4. The molecule has 1 fully saturated rings. The highest BCUT2D eigenvalue weighted by atomic mass is 16.3. The Bertz CT molecular complexity index is 943. The minimum absolute atomic E-state index is 0.00546. The van der Waals surface area contributed by atoms with Crippen molar-refractivity contribution in [3.05, 3.63) is 108 Å². The maximum atomic E-state index is 13.6. The number of ketones is 2. The Morgan fingerprint density at radius 2 is 1.13 bits per heavy atom. The SMILES string of the molecule is O=C(c1ccccc1)C1CN(CCO)CC(C(=O)c2ccccc2)C1c1ccccc1. The van der Waals surface area contributed by atoms with Crippen LogP contribution in [0.2, 0.25) is 0 Å². The molecule has 2 atom stereocenters. The van der Waals surface area contributed by atoms with Gasteiger partial charge in [0.05, 0.1) is 6.61 Å². The first-order valence-electron chi connectivity index (χ1n) is 10.8. The molecule has 0 amide bonds. The van der Waals surface area contributed by atoms with E-state index in [9.17, 15) is 14.7 Å². The van der Waals surface area contributed by atoms with Crippen LogP contribution in [0.3, 0.4) is 0 Å². The van der Waals surface area contributed by atoms with Gasteiger partial charge in [-0.25, -0.2) is 0 Å². The van der Waals surface area contributed by atoms with Crippen LogP contribution in [-0.2, 0) is 0 Å². The highest BCUT2D eigenvalue weighted by molar-refractivity contribution is 6.02. The number of aliphatic hydroxyl groups excluding tert-OH is 1. The molecule has 0 aromatic heterocycles. The molecule has 4 nitrogen and oxygen atoms in total. The summed E-state index contributed by atoms with van der Waals surface area (Å²) in [5.74, 6) is -0.881. The Morgan fingerprint density at radius 3 is 1.55 bits per heavy atom. The van der Waals surface area contributed by atoms with E-state index < -0.39 is 0 Å². The van der Waals surface area contributed by atoms with Crippen molar-refractivity contribution in [3.63, 3.8) is 0 Å². The second-order valence-corrected chi connectivity index (χ2v) is 8.09. The number of hydrogen-bond donors (Lipinski definition) is 1. The van der Waals surface area contributed by atoms with Crippen LogP contribution in [0, 0.1) is 11.8 Å². The van der Waals surface area contributed by atoms with Gasteiger partial charge in [0, 0.05) is 48.5 Å². The Balaban J connectivity index is 1.78. The summed E-state index contributed by atoms with van der Waals surface area (Å²) in [7, 11) is 0. The van der Waals surface area contributed by atoms with E-state index in [4.69, 9.17) is 0 Å². The van der Waals surface area contributed by atoms with Crippen molar-refractivity contribution in [1.82, 2.24) is 4.90 Å². The normalized spacial score (nSPS) is 21.5. The molecule has 31 heavy (non-hydrogen) atoms. The van der Waals surface area contributed by atoms with E-state index in [2.05, 4.69) is 4.90 Å². The van der Waals surface area contributed by atoms with E-state index in [1.807, 2.05) is 91.0 Å². The summed E-state index contributed by atoms with van der Waals surface area (Å²) in [4.78, 5) is 29.3. The fourth-order valence-corrected chi connectivity index (χ4v) is 4.73. The second-order valence-electron chi connectivity index (χ2n) is 8.09. The van der Waals surface area contributed by atoms with Crippen LogP contribution in [0.1, 0.15) is 32.2 Å². The summed E-state index contributed by atoms with van der Waals surface area (Å²) in [5, 5.41) is 9.57. The smallest absolute Gasteiger partial charge is 0.167 e. The zero-order chi connectivity index (χ0) is 21.6. The molecule has 0 saturated carbocycles. The molecular formula is C27H27NO3. The third kappa shape index (κ3) is 4.66. The number of benzene rings is 3. The largest absolute Gasteiger partial charge is 0.395 e. The van der Waals surface area contributed by atoms with Gasteiger partial charge in [-0.05, 0) is 5.56 Å². The predicted octanol–water partition coefficient (Wildman–Crippen LogP) is 4.08. The summed E-state index contributed by atoms with van der Waals surface area (Å²) in [6.07, 6.45) is 0. The summed E-state index contributed by atoms with van der Waals surface area (Å²) in [6, 6.07) is 28.5. The average molecular weight is 414 g/mol. The van der Waals surface area contributed by atoms with Crippen molar-refractivity contribution in [2.45, 2.75) is 5.92 Å². The van der Waals surface area contributed by atoms with Crippen LogP contribution in [0.15, 0.2) is 91.0 Å². The number of aliphatic hydroxyl groups is 1. The first-order valence-corrected chi connectivity index (χ1v) is 10.8. The molecule has 1 saturated heterocycles. The predicted molar refractivity (Wildman–Crippen MR) is 121 cm³/mol. The number of likely N-dealkylation sites (tertiary alicyclic amines) is 1. The molecule has 158 valence electrons. The molecule has 0 spiro atoms. The van der Waals surface area contributed by atoms with E-state index in [-0.39, 0.29) is 35.9 Å². The highest BCUT2D eigenvalue weighted by Gasteiger charge is 2.44. The Labute approximate surface area is 183 Å². The number of carbonyl (C=O) groups is 2. The molecule has 0 radical (unpaired) electrons. The van der Waals surface area contributed by atoms with E-state index in [1.54, 1.807) is 0 Å². The van der Waals surface area contributed by atoms with Gasteiger partial charge in [-0.1, -0.05) is 91.0 Å². The average Bonchev–Trinajstić information content (AvgIpc) is 2.84. The maximum Gasteiger partial charge on any atom is 0.167 e. The molecule has 1 aliphatic rings. The van der Waals surface area contributed by atoms with Gasteiger partial charge in [-0.2, -0.15) is 0 Å². The number of carbonyl (C=O) groups excluding carboxylic acids is 2. The lowest BCUT2D eigenvalue weighted by Crippen LogP contribution is -2.51. The van der Waals surface area contributed by atoms with Crippen molar-refractivity contribution in [2.24, 2.45) is 11.8 Å². The summed E-state index contributed by atoms with van der Waals surface area (Å²) >= 11 is 0. The molecule has 3 aromatic rings.